The Bertz CT molecular complexity index is 661. The van der Waals surface area contributed by atoms with Crippen LogP contribution in [0.4, 0.5) is 5.95 Å². The maximum Gasteiger partial charge on any atom is 0.200 e. The average molecular weight is 255 g/mol. The van der Waals surface area contributed by atoms with Crippen molar-refractivity contribution in [3.8, 4) is 0 Å². The van der Waals surface area contributed by atoms with Crippen LogP contribution in [0.3, 0.4) is 0 Å². The van der Waals surface area contributed by atoms with Crippen LogP contribution in [-0.4, -0.2) is 17.0 Å². The zero-order valence-electron chi connectivity index (χ0n) is 9.97. The summed E-state index contributed by atoms with van der Waals surface area (Å²) in [6.45, 7) is 0. The van der Waals surface area contributed by atoms with E-state index < -0.39 is 0 Å². The number of hydrogen-bond donors (Lipinski definition) is 2. The van der Waals surface area contributed by atoms with Gasteiger partial charge in [0.1, 0.15) is 0 Å². The second-order valence-corrected chi connectivity index (χ2v) is 5.08. The van der Waals surface area contributed by atoms with E-state index in [2.05, 4.69) is 51.7 Å². The van der Waals surface area contributed by atoms with E-state index in [9.17, 15) is 0 Å². The zero-order chi connectivity index (χ0) is 12.4. The quantitative estimate of drug-likeness (QED) is 0.748. The SMILES string of the molecule is CNc1nc2ccc(Sc3ccccc3)cc2[nH]1. The minimum atomic E-state index is 0.798. The van der Waals surface area contributed by atoms with Crippen LogP contribution in [0.1, 0.15) is 0 Å². The number of aromatic nitrogens is 2. The number of imidazole rings is 1. The van der Waals surface area contributed by atoms with Crippen molar-refractivity contribution in [2.45, 2.75) is 9.79 Å². The highest BCUT2D eigenvalue weighted by atomic mass is 32.2. The van der Waals surface area contributed by atoms with Crippen molar-refractivity contribution in [2.75, 3.05) is 12.4 Å². The fourth-order valence-corrected chi connectivity index (χ4v) is 2.67. The summed E-state index contributed by atoms with van der Waals surface area (Å²) in [5, 5.41) is 3.01. The molecule has 3 nitrogen and oxygen atoms in total. The normalized spacial score (nSPS) is 10.7. The summed E-state index contributed by atoms with van der Waals surface area (Å²) < 4.78 is 0. The van der Waals surface area contributed by atoms with Crippen molar-refractivity contribution in [1.29, 1.82) is 0 Å². The van der Waals surface area contributed by atoms with E-state index in [0.29, 0.717) is 0 Å². The summed E-state index contributed by atoms with van der Waals surface area (Å²) in [6, 6.07) is 16.6. The Morgan fingerprint density at radius 1 is 1.06 bits per heavy atom. The molecule has 1 heterocycles. The molecule has 0 aliphatic rings. The van der Waals surface area contributed by atoms with Crippen molar-refractivity contribution in [2.24, 2.45) is 0 Å². The van der Waals surface area contributed by atoms with Gasteiger partial charge in [-0.15, -0.1) is 0 Å². The lowest BCUT2D eigenvalue weighted by Crippen LogP contribution is -1.88. The van der Waals surface area contributed by atoms with Crippen molar-refractivity contribution in [3.63, 3.8) is 0 Å². The smallest absolute Gasteiger partial charge is 0.200 e. The molecule has 2 aromatic carbocycles. The second kappa shape index (κ2) is 4.74. The molecule has 0 spiro atoms. The highest BCUT2D eigenvalue weighted by Gasteiger charge is 2.03. The molecule has 18 heavy (non-hydrogen) atoms. The Morgan fingerprint density at radius 2 is 1.89 bits per heavy atom. The molecule has 1 aromatic heterocycles. The first-order valence-corrected chi connectivity index (χ1v) is 6.57. The second-order valence-electron chi connectivity index (χ2n) is 3.93. The summed E-state index contributed by atoms with van der Waals surface area (Å²) >= 11 is 1.75. The number of benzene rings is 2. The molecule has 0 radical (unpaired) electrons. The van der Waals surface area contributed by atoms with E-state index in [-0.39, 0.29) is 0 Å². The highest BCUT2D eigenvalue weighted by Crippen LogP contribution is 2.29. The third-order valence-electron chi connectivity index (χ3n) is 2.67. The van der Waals surface area contributed by atoms with Crippen LogP contribution in [0.2, 0.25) is 0 Å². The Kier molecular flexibility index (Phi) is 2.94. The largest absolute Gasteiger partial charge is 0.359 e. The number of nitrogens with one attached hydrogen (secondary N) is 2. The first-order chi connectivity index (χ1) is 8.85. The fraction of sp³-hybridized carbons (Fsp3) is 0.0714. The summed E-state index contributed by atoms with van der Waals surface area (Å²) in [7, 11) is 1.86. The standard InChI is InChI=1S/C14H13N3S/c1-15-14-16-12-8-7-11(9-13(12)17-14)18-10-5-3-2-4-6-10/h2-9H,1H3,(H2,15,16,17). The molecule has 0 saturated heterocycles. The molecule has 0 aliphatic heterocycles. The number of rotatable bonds is 3. The van der Waals surface area contributed by atoms with Gasteiger partial charge in [-0.05, 0) is 30.3 Å². The van der Waals surface area contributed by atoms with Gasteiger partial charge in [-0.2, -0.15) is 0 Å². The lowest BCUT2D eigenvalue weighted by molar-refractivity contribution is 1.28. The van der Waals surface area contributed by atoms with Gasteiger partial charge in [0.25, 0.3) is 0 Å². The minimum Gasteiger partial charge on any atom is -0.359 e. The van der Waals surface area contributed by atoms with Crippen LogP contribution in [0.5, 0.6) is 0 Å². The maximum atomic E-state index is 4.40. The highest BCUT2D eigenvalue weighted by molar-refractivity contribution is 7.99. The van der Waals surface area contributed by atoms with Crippen LogP contribution in [-0.2, 0) is 0 Å². The van der Waals surface area contributed by atoms with Gasteiger partial charge in [0.15, 0.2) is 0 Å². The van der Waals surface area contributed by atoms with Crippen molar-refractivity contribution in [1.82, 2.24) is 9.97 Å². The summed E-state index contributed by atoms with van der Waals surface area (Å²) in [4.78, 5) is 10.1. The van der Waals surface area contributed by atoms with E-state index in [1.54, 1.807) is 11.8 Å². The number of fused-ring (bicyclic) bond motifs is 1. The molecular formula is C14H13N3S. The van der Waals surface area contributed by atoms with Crippen LogP contribution < -0.4 is 5.32 Å². The predicted molar refractivity (Wildman–Crippen MR) is 76.2 cm³/mol. The molecule has 0 fully saturated rings. The van der Waals surface area contributed by atoms with Gasteiger partial charge in [0, 0.05) is 16.8 Å². The van der Waals surface area contributed by atoms with Gasteiger partial charge in [-0.1, -0.05) is 30.0 Å². The number of hydrogen-bond acceptors (Lipinski definition) is 3. The van der Waals surface area contributed by atoms with E-state index >= 15 is 0 Å². The first kappa shape index (κ1) is 11.2. The fourth-order valence-electron chi connectivity index (χ4n) is 1.80. The van der Waals surface area contributed by atoms with E-state index in [1.807, 2.05) is 19.2 Å². The van der Waals surface area contributed by atoms with Gasteiger partial charge in [-0.3, -0.25) is 0 Å². The Balaban J connectivity index is 1.93. The molecular weight excluding hydrogens is 242 g/mol. The number of anilines is 1. The van der Waals surface area contributed by atoms with E-state index in [1.165, 1.54) is 9.79 Å². The molecule has 0 bridgehead atoms. The van der Waals surface area contributed by atoms with Crippen molar-refractivity contribution >= 4 is 28.7 Å². The summed E-state index contributed by atoms with van der Waals surface area (Å²) in [5.74, 6) is 0.798. The maximum absolute atomic E-state index is 4.40. The molecule has 0 unspecified atom stereocenters. The van der Waals surface area contributed by atoms with E-state index in [0.717, 1.165) is 17.0 Å². The Hall–Kier alpha value is -1.94. The van der Waals surface area contributed by atoms with Gasteiger partial charge in [-0.25, -0.2) is 4.98 Å². The van der Waals surface area contributed by atoms with Crippen LogP contribution in [0, 0.1) is 0 Å². The molecule has 0 aliphatic carbocycles. The zero-order valence-corrected chi connectivity index (χ0v) is 10.8. The molecule has 2 N–H and O–H groups in total. The molecule has 0 saturated carbocycles. The molecule has 0 amide bonds. The number of nitrogens with zero attached hydrogens (tertiary/aromatic N) is 1. The summed E-state index contributed by atoms with van der Waals surface area (Å²) in [6.07, 6.45) is 0. The molecule has 0 atom stereocenters. The van der Waals surface area contributed by atoms with Crippen LogP contribution in [0.25, 0.3) is 11.0 Å². The topological polar surface area (TPSA) is 40.7 Å². The van der Waals surface area contributed by atoms with Gasteiger partial charge in [0.2, 0.25) is 5.95 Å². The minimum absolute atomic E-state index is 0.798. The number of H-pyrrole nitrogens is 1. The van der Waals surface area contributed by atoms with Crippen molar-refractivity contribution in [3.05, 3.63) is 48.5 Å². The molecule has 3 rings (SSSR count). The third kappa shape index (κ3) is 2.19. The van der Waals surface area contributed by atoms with Crippen molar-refractivity contribution < 1.29 is 0 Å². The Labute approximate surface area is 110 Å². The molecule has 90 valence electrons. The van der Waals surface area contributed by atoms with Gasteiger partial charge in [0.05, 0.1) is 11.0 Å². The average Bonchev–Trinajstić information content (AvgIpc) is 2.82. The lowest BCUT2D eigenvalue weighted by Gasteiger charge is -2.00. The van der Waals surface area contributed by atoms with Gasteiger partial charge < -0.3 is 10.3 Å². The van der Waals surface area contributed by atoms with Crippen LogP contribution >= 0.6 is 11.8 Å². The molecule has 3 aromatic rings. The third-order valence-corrected chi connectivity index (χ3v) is 3.67. The number of aromatic amines is 1. The Morgan fingerprint density at radius 3 is 2.67 bits per heavy atom. The monoisotopic (exact) mass is 255 g/mol. The lowest BCUT2D eigenvalue weighted by atomic mass is 10.3. The predicted octanol–water partition coefficient (Wildman–Crippen LogP) is 3.76. The molecule has 4 heteroatoms. The van der Waals surface area contributed by atoms with E-state index in [4.69, 9.17) is 0 Å². The first-order valence-electron chi connectivity index (χ1n) is 5.75. The van der Waals surface area contributed by atoms with Gasteiger partial charge >= 0.3 is 0 Å². The van der Waals surface area contributed by atoms with Crippen LogP contribution in [0.15, 0.2) is 58.3 Å². The summed E-state index contributed by atoms with van der Waals surface area (Å²) in [5.41, 5.74) is 2.04.